The lowest BCUT2D eigenvalue weighted by Crippen LogP contribution is -2.08. The van der Waals surface area contributed by atoms with E-state index in [1.165, 1.54) is 23.0 Å². The van der Waals surface area contributed by atoms with Gasteiger partial charge < -0.3 is 5.73 Å². The van der Waals surface area contributed by atoms with Gasteiger partial charge in [-0.15, -0.1) is 5.10 Å². The van der Waals surface area contributed by atoms with E-state index >= 15 is 0 Å². The number of anilines is 1. The number of halogens is 1. The molecule has 1 aromatic heterocycles. The molecule has 0 aliphatic heterocycles. The molecule has 0 fully saturated rings. The summed E-state index contributed by atoms with van der Waals surface area (Å²) in [6, 6.07) is 3.92. The number of nitrogens with two attached hydrogens (primary N) is 1. The maximum atomic E-state index is 13.2. The van der Waals surface area contributed by atoms with Crippen LogP contribution >= 0.6 is 0 Å². The topological polar surface area (TPSA) is 73.8 Å². The lowest BCUT2D eigenvalue weighted by Gasteiger charge is -2.02. The largest absolute Gasteiger partial charge is 0.396 e. The summed E-state index contributed by atoms with van der Waals surface area (Å²) in [5.41, 5.74) is 5.85. The van der Waals surface area contributed by atoms with Gasteiger partial charge in [0.25, 0.3) is 0 Å². The van der Waals surface area contributed by atoms with E-state index in [-0.39, 0.29) is 17.0 Å². The number of benzene rings is 1. The van der Waals surface area contributed by atoms with Gasteiger partial charge in [0.05, 0.1) is 11.9 Å². The third kappa shape index (κ3) is 1.65. The normalized spacial score (nSPS) is 10.4. The highest BCUT2D eigenvalue weighted by atomic mass is 19.1. The van der Waals surface area contributed by atoms with Gasteiger partial charge in [-0.25, -0.2) is 9.07 Å². The van der Waals surface area contributed by atoms with Gasteiger partial charge >= 0.3 is 0 Å². The molecule has 0 saturated heterocycles. The number of aromatic nitrogens is 3. The monoisotopic (exact) mass is 220 g/mol. The third-order valence-electron chi connectivity index (χ3n) is 2.21. The number of carbonyl (C=O) groups is 1. The summed E-state index contributed by atoms with van der Waals surface area (Å²) in [7, 11) is 1.59. The second-order valence-electron chi connectivity index (χ2n) is 3.31. The van der Waals surface area contributed by atoms with E-state index in [0.29, 0.717) is 5.69 Å². The minimum atomic E-state index is -0.610. The van der Waals surface area contributed by atoms with Crippen molar-refractivity contribution in [2.24, 2.45) is 7.05 Å². The fraction of sp³-hybridized carbons (Fsp3) is 0.100. The van der Waals surface area contributed by atoms with Crippen LogP contribution in [0.3, 0.4) is 0 Å². The zero-order chi connectivity index (χ0) is 11.7. The van der Waals surface area contributed by atoms with Crippen molar-refractivity contribution in [3.63, 3.8) is 0 Å². The van der Waals surface area contributed by atoms with Crippen LogP contribution in [-0.2, 0) is 7.05 Å². The van der Waals surface area contributed by atoms with E-state index in [0.717, 1.165) is 6.07 Å². The molecule has 82 valence electrons. The van der Waals surface area contributed by atoms with Crippen LogP contribution in [-0.4, -0.2) is 20.8 Å². The summed E-state index contributed by atoms with van der Waals surface area (Å²) in [5.74, 6) is -0.952. The molecule has 6 heteroatoms. The summed E-state index contributed by atoms with van der Waals surface area (Å²) in [6.45, 7) is 0. The summed E-state index contributed by atoms with van der Waals surface area (Å²) in [4.78, 5) is 11.9. The van der Waals surface area contributed by atoms with Gasteiger partial charge in [0, 0.05) is 12.6 Å². The molecule has 0 bridgehead atoms. The van der Waals surface area contributed by atoms with Crippen LogP contribution in [0.5, 0.6) is 0 Å². The van der Waals surface area contributed by atoms with Gasteiger partial charge in [-0.05, 0) is 18.2 Å². The average molecular weight is 220 g/mol. The van der Waals surface area contributed by atoms with Gasteiger partial charge in [0.15, 0.2) is 0 Å². The second-order valence-corrected chi connectivity index (χ2v) is 3.31. The summed E-state index contributed by atoms with van der Waals surface area (Å²) in [6.07, 6.45) is 1.33. The predicted molar refractivity (Wildman–Crippen MR) is 55.2 cm³/mol. The highest BCUT2D eigenvalue weighted by Gasteiger charge is 2.14. The number of rotatable bonds is 2. The van der Waals surface area contributed by atoms with Crippen molar-refractivity contribution >= 4 is 11.5 Å². The smallest absolute Gasteiger partial charge is 0.212 e. The maximum Gasteiger partial charge on any atom is 0.212 e. The SMILES string of the molecule is Cn1nncc1C(=O)c1ccc(N)c(F)c1. The van der Waals surface area contributed by atoms with Gasteiger partial charge in [-0.3, -0.25) is 4.79 Å². The van der Waals surface area contributed by atoms with E-state index in [4.69, 9.17) is 5.73 Å². The zero-order valence-corrected chi connectivity index (χ0v) is 8.51. The molecule has 0 aliphatic rings. The average Bonchev–Trinajstić information content (AvgIpc) is 2.67. The Morgan fingerprint density at radius 1 is 1.50 bits per heavy atom. The Morgan fingerprint density at radius 3 is 2.81 bits per heavy atom. The molecule has 0 amide bonds. The Bertz CT molecular complexity index is 550. The van der Waals surface area contributed by atoms with Crippen LogP contribution in [0.25, 0.3) is 0 Å². The minimum absolute atomic E-state index is 0.0136. The molecule has 0 saturated carbocycles. The zero-order valence-electron chi connectivity index (χ0n) is 8.51. The lowest BCUT2D eigenvalue weighted by atomic mass is 10.1. The van der Waals surface area contributed by atoms with Gasteiger partial charge in [-0.1, -0.05) is 5.21 Å². The standard InChI is InChI=1S/C10H9FN4O/c1-15-9(5-13-14-15)10(16)6-2-3-8(12)7(11)4-6/h2-5H,12H2,1H3. The first-order valence-corrected chi connectivity index (χ1v) is 4.54. The molecule has 1 heterocycles. The summed E-state index contributed by atoms with van der Waals surface area (Å²) in [5, 5.41) is 7.21. The number of hydrogen-bond donors (Lipinski definition) is 1. The second kappa shape index (κ2) is 3.73. The Morgan fingerprint density at radius 2 is 2.25 bits per heavy atom. The first-order valence-electron chi connectivity index (χ1n) is 4.54. The Labute approximate surface area is 90.7 Å². The van der Waals surface area contributed by atoms with E-state index < -0.39 is 5.82 Å². The first-order chi connectivity index (χ1) is 7.59. The number of hydrogen-bond acceptors (Lipinski definition) is 4. The lowest BCUT2D eigenvalue weighted by molar-refractivity contribution is 0.103. The van der Waals surface area contributed by atoms with Crippen molar-refractivity contribution in [1.29, 1.82) is 0 Å². The molecule has 0 spiro atoms. The van der Waals surface area contributed by atoms with Gasteiger partial charge in [0.1, 0.15) is 11.5 Å². The minimum Gasteiger partial charge on any atom is -0.396 e. The van der Waals surface area contributed by atoms with Crippen LogP contribution in [0.1, 0.15) is 16.1 Å². The number of nitrogens with zero attached hydrogens (tertiary/aromatic N) is 3. The van der Waals surface area contributed by atoms with Crippen LogP contribution < -0.4 is 5.73 Å². The number of nitrogen functional groups attached to an aromatic ring is 1. The van der Waals surface area contributed by atoms with Crippen LogP contribution in [0.4, 0.5) is 10.1 Å². The van der Waals surface area contributed by atoms with Crippen molar-refractivity contribution in [2.45, 2.75) is 0 Å². The third-order valence-corrected chi connectivity index (χ3v) is 2.21. The molecule has 2 aromatic rings. The Kier molecular flexibility index (Phi) is 2.40. The van der Waals surface area contributed by atoms with E-state index in [2.05, 4.69) is 10.3 Å². The van der Waals surface area contributed by atoms with Crippen molar-refractivity contribution in [3.05, 3.63) is 41.5 Å². The molecule has 5 nitrogen and oxygen atoms in total. The molecular weight excluding hydrogens is 211 g/mol. The van der Waals surface area contributed by atoms with Crippen LogP contribution in [0.2, 0.25) is 0 Å². The van der Waals surface area contributed by atoms with Crippen molar-refractivity contribution in [3.8, 4) is 0 Å². The number of ketones is 1. The van der Waals surface area contributed by atoms with E-state index in [9.17, 15) is 9.18 Å². The molecule has 0 aliphatic carbocycles. The van der Waals surface area contributed by atoms with Crippen molar-refractivity contribution in [1.82, 2.24) is 15.0 Å². The molecule has 0 radical (unpaired) electrons. The van der Waals surface area contributed by atoms with Crippen LogP contribution in [0.15, 0.2) is 24.4 Å². The molecule has 0 unspecified atom stereocenters. The van der Waals surface area contributed by atoms with E-state index in [1.807, 2.05) is 0 Å². The predicted octanol–water partition coefficient (Wildman–Crippen LogP) is 0.767. The molecule has 1 aromatic carbocycles. The molecule has 2 rings (SSSR count). The quantitative estimate of drug-likeness (QED) is 0.599. The van der Waals surface area contributed by atoms with Gasteiger partial charge in [-0.2, -0.15) is 0 Å². The Balaban J connectivity index is 2.42. The first kappa shape index (κ1) is 10.3. The fourth-order valence-electron chi connectivity index (χ4n) is 1.31. The number of aryl methyl sites for hydroxylation is 1. The van der Waals surface area contributed by atoms with E-state index in [1.54, 1.807) is 7.05 Å². The van der Waals surface area contributed by atoms with Gasteiger partial charge in [0.2, 0.25) is 5.78 Å². The molecular formula is C10H9FN4O. The van der Waals surface area contributed by atoms with Crippen molar-refractivity contribution in [2.75, 3.05) is 5.73 Å². The number of carbonyl (C=O) groups excluding carboxylic acids is 1. The summed E-state index contributed by atoms with van der Waals surface area (Å²) < 4.78 is 14.5. The maximum absolute atomic E-state index is 13.2. The van der Waals surface area contributed by atoms with Crippen molar-refractivity contribution < 1.29 is 9.18 Å². The highest BCUT2D eigenvalue weighted by Crippen LogP contribution is 2.14. The molecule has 16 heavy (non-hydrogen) atoms. The van der Waals surface area contributed by atoms with Crippen LogP contribution in [0, 0.1) is 5.82 Å². The fourth-order valence-corrected chi connectivity index (χ4v) is 1.31. The highest BCUT2D eigenvalue weighted by molar-refractivity contribution is 6.07. The Hall–Kier alpha value is -2.24. The molecule has 0 atom stereocenters. The molecule has 2 N–H and O–H groups in total. The summed E-state index contributed by atoms with van der Waals surface area (Å²) >= 11 is 0.